The van der Waals surface area contributed by atoms with Crippen LogP contribution in [-0.4, -0.2) is 10.9 Å². The van der Waals surface area contributed by atoms with Gasteiger partial charge in [-0.1, -0.05) is 30.3 Å². The highest BCUT2D eigenvalue weighted by atomic mass is 32.1. The molecule has 0 aliphatic heterocycles. The predicted octanol–water partition coefficient (Wildman–Crippen LogP) is 4.75. The van der Waals surface area contributed by atoms with Crippen molar-refractivity contribution in [3.63, 3.8) is 0 Å². The Bertz CT molecular complexity index is 969. The molecule has 0 radical (unpaired) electrons. The van der Waals surface area contributed by atoms with Crippen molar-refractivity contribution in [2.45, 2.75) is 6.92 Å². The van der Waals surface area contributed by atoms with Gasteiger partial charge in [-0.3, -0.25) is 4.79 Å². The van der Waals surface area contributed by atoms with Gasteiger partial charge in [0.25, 0.3) is 0 Å². The smallest absolute Gasteiger partial charge is 0.221 e. The first-order valence-electron chi connectivity index (χ1n) is 7.91. The molecule has 1 heterocycles. The molecule has 2 N–H and O–H groups in total. The highest BCUT2D eigenvalue weighted by molar-refractivity contribution is 7.11. The maximum atomic E-state index is 11.0. The van der Waals surface area contributed by atoms with Crippen LogP contribution in [0.1, 0.15) is 11.9 Å². The van der Waals surface area contributed by atoms with Crippen molar-refractivity contribution in [3.8, 4) is 17.3 Å². The second-order valence-electron chi connectivity index (χ2n) is 5.48. The third-order valence-electron chi connectivity index (χ3n) is 3.51. The molecule has 1 aromatic heterocycles. The first-order chi connectivity index (χ1) is 12.7. The van der Waals surface area contributed by atoms with Crippen LogP contribution in [0.5, 0.6) is 0 Å². The number of benzene rings is 2. The van der Waals surface area contributed by atoms with E-state index < -0.39 is 0 Å². The molecule has 0 fully saturated rings. The summed E-state index contributed by atoms with van der Waals surface area (Å²) in [5.41, 5.74) is 3.87. The minimum Gasteiger partial charge on any atom is -0.360 e. The van der Waals surface area contributed by atoms with Crippen LogP contribution in [0.3, 0.4) is 0 Å². The summed E-state index contributed by atoms with van der Waals surface area (Å²) in [4.78, 5) is 15.6. The lowest BCUT2D eigenvalue weighted by atomic mass is 10.2. The van der Waals surface area contributed by atoms with Crippen molar-refractivity contribution in [3.05, 3.63) is 71.2 Å². The number of nitrogens with zero attached hydrogens (tertiary/aromatic N) is 2. The number of nitriles is 1. The summed E-state index contributed by atoms with van der Waals surface area (Å²) in [7, 11) is 0. The van der Waals surface area contributed by atoms with Crippen molar-refractivity contribution < 1.29 is 4.79 Å². The first-order valence-corrected chi connectivity index (χ1v) is 8.79. The molecule has 0 atom stereocenters. The molecule has 1 amide bonds. The fourth-order valence-electron chi connectivity index (χ4n) is 2.29. The average Bonchev–Trinajstić information content (AvgIpc) is 3.14. The number of aromatic nitrogens is 1. The molecule has 5 nitrogen and oxygen atoms in total. The molecule has 3 aromatic rings. The fraction of sp³-hybridized carbons (Fsp3) is 0.0500. The molecule has 0 bridgehead atoms. The van der Waals surface area contributed by atoms with Crippen molar-refractivity contribution in [1.29, 1.82) is 5.26 Å². The molecular weight excluding hydrogens is 344 g/mol. The Kier molecular flexibility index (Phi) is 5.42. The van der Waals surface area contributed by atoms with Crippen molar-refractivity contribution in [2.24, 2.45) is 0 Å². The summed E-state index contributed by atoms with van der Waals surface area (Å²) in [6.45, 7) is 1.46. The molecule has 0 spiro atoms. The Labute approximate surface area is 155 Å². The van der Waals surface area contributed by atoms with Gasteiger partial charge in [0.1, 0.15) is 16.6 Å². The number of anilines is 2. The van der Waals surface area contributed by atoms with E-state index in [9.17, 15) is 10.1 Å². The van der Waals surface area contributed by atoms with Gasteiger partial charge in [0, 0.05) is 35.4 Å². The average molecular weight is 360 g/mol. The summed E-state index contributed by atoms with van der Waals surface area (Å²) in [5, 5.41) is 17.8. The van der Waals surface area contributed by atoms with E-state index in [4.69, 9.17) is 0 Å². The number of carbonyl (C=O) groups excluding carboxylic acids is 1. The Morgan fingerprint density at radius 3 is 2.46 bits per heavy atom. The molecule has 0 saturated heterocycles. The lowest BCUT2D eigenvalue weighted by molar-refractivity contribution is -0.114. The normalized spacial score (nSPS) is 10.8. The third-order valence-corrected chi connectivity index (χ3v) is 4.39. The van der Waals surface area contributed by atoms with E-state index in [0.29, 0.717) is 10.6 Å². The van der Waals surface area contributed by atoms with E-state index >= 15 is 0 Å². The Balaban J connectivity index is 1.74. The van der Waals surface area contributed by atoms with Gasteiger partial charge in [-0.2, -0.15) is 5.26 Å². The molecule has 0 aliphatic rings. The number of amides is 1. The van der Waals surface area contributed by atoms with Crippen LogP contribution in [0.15, 0.2) is 66.2 Å². The fourth-order valence-corrected chi connectivity index (χ4v) is 3.08. The SMILES string of the molecule is CC(=O)Nc1ccc(N/C=C(\C#N)c2nc(-c3ccccc3)cs2)cc1. The molecule has 26 heavy (non-hydrogen) atoms. The van der Waals surface area contributed by atoms with Crippen molar-refractivity contribution in [1.82, 2.24) is 4.98 Å². The number of thiazole rings is 1. The van der Waals surface area contributed by atoms with Gasteiger partial charge in [-0.25, -0.2) is 4.98 Å². The van der Waals surface area contributed by atoms with Gasteiger partial charge in [0.2, 0.25) is 5.91 Å². The molecule has 0 aliphatic carbocycles. The zero-order chi connectivity index (χ0) is 18.4. The summed E-state index contributed by atoms with van der Waals surface area (Å²) in [6.07, 6.45) is 1.64. The number of hydrogen-bond acceptors (Lipinski definition) is 5. The second kappa shape index (κ2) is 8.10. The van der Waals surface area contributed by atoms with Gasteiger partial charge in [-0.15, -0.1) is 11.3 Å². The van der Waals surface area contributed by atoms with Crippen molar-refractivity contribution in [2.75, 3.05) is 10.6 Å². The number of nitrogens with one attached hydrogen (secondary N) is 2. The lowest BCUT2D eigenvalue weighted by Gasteiger charge is -2.04. The van der Waals surface area contributed by atoms with E-state index in [1.807, 2.05) is 47.8 Å². The minimum absolute atomic E-state index is 0.115. The second-order valence-corrected chi connectivity index (χ2v) is 6.33. The Morgan fingerprint density at radius 2 is 1.81 bits per heavy atom. The monoisotopic (exact) mass is 360 g/mol. The van der Waals surface area contributed by atoms with Gasteiger partial charge in [-0.05, 0) is 24.3 Å². The third kappa shape index (κ3) is 4.35. The molecule has 6 heteroatoms. The number of carbonyl (C=O) groups is 1. The van der Waals surface area contributed by atoms with Gasteiger partial charge >= 0.3 is 0 Å². The van der Waals surface area contributed by atoms with E-state index in [0.717, 1.165) is 22.6 Å². The van der Waals surface area contributed by atoms with E-state index in [2.05, 4.69) is 21.7 Å². The van der Waals surface area contributed by atoms with Gasteiger partial charge < -0.3 is 10.6 Å². The van der Waals surface area contributed by atoms with E-state index in [-0.39, 0.29) is 5.91 Å². The topological polar surface area (TPSA) is 77.8 Å². The zero-order valence-electron chi connectivity index (χ0n) is 14.1. The van der Waals surface area contributed by atoms with Crippen LogP contribution in [0, 0.1) is 11.3 Å². The molecule has 0 unspecified atom stereocenters. The largest absolute Gasteiger partial charge is 0.360 e. The van der Waals surface area contributed by atoms with Crippen LogP contribution in [0.4, 0.5) is 11.4 Å². The van der Waals surface area contributed by atoms with Crippen molar-refractivity contribution >= 4 is 34.2 Å². The van der Waals surface area contributed by atoms with Crippen LogP contribution in [0.25, 0.3) is 16.8 Å². The summed E-state index contributed by atoms with van der Waals surface area (Å²) in [5.74, 6) is -0.115. The van der Waals surface area contributed by atoms with E-state index in [1.165, 1.54) is 18.3 Å². The number of allylic oxidation sites excluding steroid dienone is 1. The maximum Gasteiger partial charge on any atom is 0.221 e. The number of hydrogen-bond donors (Lipinski definition) is 2. The highest BCUT2D eigenvalue weighted by Gasteiger charge is 2.08. The van der Waals surface area contributed by atoms with Crippen LogP contribution in [0.2, 0.25) is 0 Å². The first kappa shape index (κ1) is 17.4. The summed E-state index contributed by atoms with van der Waals surface area (Å²) >= 11 is 1.43. The summed E-state index contributed by atoms with van der Waals surface area (Å²) in [6, 6.07) is 19.3. The summed E-state index contributed by atoms with van der Waals surface area (Å²) < 4.78 is 0. The molecule has 0 saturated carbocycles. The number of rotatable bonds is 5. The molecular formula is C20H16N4OS. The Hall–Kier alpha value is -3.43. The maximum absolute atomic E-state index is 11.0. The highest BCUT2D eigenvalue weighted by Crippen LogP contribution is 2.26. The quantitative estimate of drug-likeness (QED) is 0.644. The van der Waals surface area contributed by atoms with Crippen LogP contribution < -0.4 is 10.6 Å². The minimum atomic E-state index is -0.115. The molecule has 3 rings (SSSR count). The molecule has 128 valence electrons. The van der Waals surface area contributed by atoms with Gasteiger partial charge in [0.15, 0.2) is 0 Å². The van der Waals surface area contributed by atoms with Crippen LogP contribution >= 0.6 is 11.3 Å². The standard InChI is InChI=1S/C20H16N4OS/c1-14(25)23-18-9-7-17(8-10-18)22-12-16(11-21)20-24-19(13-26-20)15-5-3-2-4-6-15/h2-10,12-13,22H,1H3,(H,23,25)/b16-12+. The molecule has 2 aromatic carbocycles. The zero-order valence-corrected chi connectivity index (χ0v) is 14.9. The van der Waals surface area contributed by atoms with Crippen LogP contribution in [-0.2, 0) is 4.79 Å². The Morgan fingerprint density at radius 1 is 1.12 bits per heavy atom. The lowest BCUT2D eigenvalue weighted by Crippen LogP contribution is -2.05. The predicted molar refractivity (Wildman–Crippen MR) is 106 cm³/mol. The van der Waals surface area contributed by atoms with Gasteiger partial charge in [0.05, 0.1) is 5.69 Å². The van der Waals surface area contributed by atoms with E-state index in [1.54, 1.807) is 18.3 Å².